The van der Waals surface area contributed by atoms with Crippen molar-refractivity contribution >= 4 is 28.1 Å². The molecule has 0 aromatic carbocycles. The molecule has 1 heterocycles. The van der Waals surface area contributed by atoms with Gasteiger partial charge in [-0.3, -0.25) is 5.73 Å². The Bertz CT molecular complexity index is 260. The summed E-state index contributed by atoms with van der Waals surface area (Å²) in [6, 6.07) is 0. The Morgan fingerprint density at radius 2 is 2.21 bits per heavy atom. The van der Waals surface area contributed by atoms with Gasteiger partial charge >= 0.3 is 5.13 Å². The van der Waals surface area contributed by atoms with Gasteiger partial charge in [0.2, 0.25) is 0 Å². The third kappa shape index (κ3) is 4.16. The summed E-state index contributed by atoms with van der Waals surface area (Å²) >= 11 is 7.10. The van der Waals surface area contributed by atoms with Gasteiger partial charge in [-0.1, -0.05) is 0 Å². The van der Waals surface area contributed by atoms with Crippen LogP contribution in [0.15, 0.2) is 6.20 Å². The fraction of sp³-hybridized carbons (Fsp3) is 0.500. The molecule has 7 N–H and O–H groups in total. The van der Waals surface area contributed by atoms with Crippen LogP contribution in [0, 0.1) is 0 Å². The molecule has 0 bridgehead atoms. The normalized spacial score (nSPS) is 13.6. The number of alkyl halides is 1. The molecule has 1 aromatic heterocycles. The van der Waals surface area contributed by atoms with Gasteiger partial charge in [0.05, 0.1) is 11.4 Å². The van der Waals surface area contributed by atoms with E-state index < -0.39 is 6.10 Å². The van der Waals surface area contributed by atoms with E-state index >= 15 is 0 Å². The van der Waals surface area contributed by atoms with Gasteiger partial charge in [-0.05, 0) is 11.3 Å². The number of anilines is 1. The molecule has 1 aromatic rings. The van der Waals surface area contributed by atoms with Crippen molar-refractivity contribution in [2.24, 2.45) is 0 Å². The highest BCUT2D eigenvalue weighted by Crippen LogP contribution is 2.24. The molecule has 0 fully saturated rings. The first kappa shape index (κ1) is 16.6. The molecule has 0 aliphatic carbocycles. The molecule has 0 aliphatic heterocycles. The lowest BCUT2D eigenvalue weighted by molar-refractivity contribution is -0.370. The fourth-order valence-electron chi connectivity index (χ4n) is 0.810. The molecule has 0 spiro atoms. The number of aromatic nitrogens is 1. The highest BCUT2D eigenvalue weighted by atomic mass is 35.5. The first-order valence-electron chi connectivity index (χ1n) is 3.53. The number of aromatic amines is 1. The molecule has 2 atom stereocenters. The number of halogens is 3. The van der Waals surface area contributed by atoms with Crippen LogP contribution in [0.25, 0.3) is 0 Å². The second-order valence-corrected chi connectivity index (χ2v) is 4.08. The quantitative estimate of drug-likeness (QED) is 0.481. The summed E-state index contributed by atoms with van der Waals surface area (Å²) in [5.41, 5.74) is 9.06. The summed E-state index contributed by atoms with van der Waals surface area (Å²) in [7, 11) is 0. The summed E-state index contributed by atoms with van der Waals surface area (Å²) in [5, 5.41) is 9.78. The summed E-state index contributed by atoms with van der Waals surface area (Å²) < 4.78 is 0. The molecule has 0 saturated heterocycles. The van der Waals surface area contributed by atoms with E-state index in [0.717, 1.165) is 4.88 Å². The fourth-order valence-corrected chi connectivity index (χ4v) is 1.80. The molecule has 84 valence electrons. The van der Waals surface area contributed by atoms with Gasteiger partial charge in [-0.2, -0.15) is 0 Å². The number of hydrogen-bond donors (Lipinski definition) is 3. The molecule has 0 radical (unpaired) electrons. The minimum atomic E-state index is -0.678. The van der Waals surface area contributed by atoms with Gasteiger partial charge < -0.3 is 35.7 Å². The van der Waals surface area contributed by atoms with E-state index in [9.17, 15) is 5.11 Å². The Morgan fingerprint density at radius 3 is 2.57 bits per heavy atom. The van der Waals surface area contributed by atoms with Gasteiger partial charge in [-0.15, -0.1) is 11.6 Å². The summed E-state index contributed by atoms with van der Waals surface area (Å²) in [6.07, 6.45) is 0.984. The zero-order valence-electron chi connectivity index (χ0n) is 7.21. The summed E-state index contributed by atoms with van der Waals surface area (Å²) in [4.78, 5) is 3.53. The minimum Gasteiger partial charge on any atom is -1.00 e. The van der Waals surface area contributed by atoms with Crippen LogP contribution in [0.4, 0.5) is 5.13 Å². The number of quaternary nitrogens is 1. The number of aliphatic hydroxyl groups excluding tert-OH is 1. The predicted octanol–water partition coefficient (Wildman–Crippen LogP) is -6.96. The molecule has 0 amide bonds. The van der Waals surface area contributed by atoms with E-state index in [4.69, 9.17) is 17.3 Å². The van der Waals surface area contributed by atoms with Crippen molar-refractivity contribution in [1.82, 2.24) is 0 Å². The van der Waals surface area contributed by atoms with E-state index in [1.165, 1.54) is 11.3 Å². The molecular formula is C6H12Cl3N3OS. The third-order valence-corrected chi connectivity index (χ3v) is 2.88. The number of H-pyrrole nitrogens is 1. The molecule has 1 rings (SSSR count). The lowest BCUT2D eigenvalue weighted by Gasteiger charge is -2.09. The summed E-state index contributed by atoms with van der Waals surface area (Å²) in [6.45, 7) is 0.487. The highest BCUT2D eigenvalue weighted by Gasteiger charge is 2.21. The Morgan fingerprint density at radius 1 is 1.64 bits per heavy atom. The van der Waals surface area contributed by atoms with Gasteiger partial charge in [0.25, 0.3) is 0 Å². The molecule has 4 nitrogen and oxygen atoms in total. The lowest BCUT2D eigenvalue weighted by Crippen LogP contribution is -3.00. The van der Waals surface area contributed by atoms with Crippen LogP contribution in [0.3, 0.4) is 0 Å². The number of aliphatic hydroxyl groups is 1. The average molecular weight is 281 g/mol. The van der Waals surface area contributed by atoms with Crippen molar-refractivity contribution < 1.29 is 40.6 Å². The number of hydrogen-bond acceptors (Lipinski definition) is 3. The standard InChI is InChI=1S/C6H10ClN3OS.2ClH/c7-3(1-8)5(11)4-2-10-6(9)12-4;;/h2-3,5,11H,1,8H2,(H2,9,10);2*1H/t3-,5-;;/m0../s1. The van der Waals surface area contributed by atoms with Gasteiger partial charge in [0.15, 0.2) is 0 Å². The molecule has 8 heteroatoms. The smallest absolute Gasteiger partial charge is 0.329 e. The van der Waals surface area contributed by atoms with Crippen LogP contribution < -0.4 is 41.3 Å². The van der Waals surface area contributed by atoms with E-state index in [0.29, 0.717) is 11.7 Å². The third-order valence-electron chi connectivity index (χ3n) is 1.49. The second-order valence-electron chi connectivity index (χ2n) is 2.41. The Labute approximate surface area is 103 Å². The van der Waals surface area contributed by atoms with E-state index in [2.05, 4.69) is 10.7 Å². The molecule has 0 saturated carbocycles. The van der Waals surface area contributed by atoms with Crippen LogP contribution in [-0.4, -0.2) is 17.0 Å². The van der Waals surface area contributed by atoms with Crippen LogP contribution in [0.1, 0.15) is 11.0 Å². The van der Waals surface area contributed by atoms with Crippen LogP contribution in [-0.2, 0) is 0 Å². The highest BCUT2D eigenvalue weighted by molar-refractivity contribution is 7.14. The van der Waals surface area contributed by atoms with Crippen molar-refractivity contribution in [2.45, 2.75) is 11.5 Å². The van der Waals surface area contributed by atoms with Crippen molar-refractivity contribution in [1.29, 1.82) is 0 Å². The van der Waals surface area contributed by atoms with Crippen molar-refractivity contribution in [3.63, 3.8) is 0 Å². The first-order valence-corrected chi connectivity index (χ1v) is 4.78. The van der Waals surface area contributed by atoms with Crippen LogP contribution in [0.5, 0.6) is 0 Å². The Hall–Kier alpha value is 0.220. The Kier molecular flexibility index (Phi) is 8.92. The van der Waals surface area contributed by atoms with E-state index in [1.807, 2.05) is 0 Å². The lowest BCUT2D eigenvalue weighted by atomic mass is 10.2. The average Bonchev–Trinajstić information content (AvgIpc) is 2.49. The number of nitrogens with one attached hydrogen (secondary N) is 1. The van der Waals surface area contributed by atoms with E-state index in [1.54, 1.807) is 6.20 Å². The molecular weight excluding hydrogens is 269 g/mol. The maximum absolute atomic E-state index is 9.57. The molecule has 0 aliphatic rings. The van der Waals surface area contributed by atoms with Gasteiger partial charge in [-0.25, -0.2) is 4.98 Å². The van der Waals surface area contributed by atoms with Crippen molar-refractivity contribution in [3.05, 3.63) is 11.1 Å². The topological polar surface area (TPSA) is 88.0 Å². The van der Waals surface area contributed by atoms with Crippen molar-refractivity contribution in [3.8, 4) is 0 Å². The number of nitrogen functional groups attached to an aromatic ring is 1. The predicted molar refractivity (Wildman–Crippen MR) is 47.6 cm³/mol. The SMILES string of the molecule is Nc1[nH+]cc([C@@H](O)[C@@H](Cl)C[NH3+])s1.[Cl-].[Cl-]. The first-order chi connectivity index (χ1) is 5.65. The van der Waals surface area contributed by atoms with Crippen LogP contribution >= 0.6 is 22.9 Å². The Balaban J connectivity index is 0. The summed E-state index contributed by atoms with van der Waals surface area (Å²) in [5.74, 6) is 0. The second kappa shape index (κ2) is 7.50. The zero-order valence-corrected chi connectivity index (χ0v) is 10.3. The minimum absolute atomic E-state index is 0. The number of nitrogens with two attached hydrogens (primary N) is 1. The van der Waals surface area contributed by atoms with Gasteiger partial charge in [0, 0.05) is 0 Å². The van der Waals surface area contributed by atoms with Gasteiger partial charge in [0.1, 0.15) is 17.7 Å². The van der Waals surface area contributed by atoms with Crippen molar-refractivity contribution in [2.75, 3.05) is 12.3 Å². The maximum atomic E-state index is 9.57. The van der Waals surface area contributed by atoms with E-state index in [-0.39, 0.29) is 30.2 Å². The monoisotopic (exact) mass is 279 g/mol. The van der Waals surface area contributed by atoms with Crippen LogP contribution in [0.2, 0.25) is 0 Å². The zero-order chi connectivity index (χ0) is 9.14. The maximum Gasteiger partial charge on any atom is 0.329 e. The molecule has 14 heavy (non-hydrogen) atoms. The molecule has 0 unspecified atom stereocenters. The number of thiazole rings is 1. The number of rotatable bonds is 3. The largest absolute Gasteiger partial charge is 1.00 e.